The van der Waals surface area contributed by atoms with Crippen LogP contribution in [0.4, 0.5) is 10.6 Å². The Labute approximate surface area is 168 Å². The number of carbonyl (C=O) groups is 3. The summed E-state index contributed by atoms with van der Waals surface area (Å²) < 4.78 is 0. The van der Waals surface area contributed by atoms with Gasteiger partial charge in [0.25, 0.3) is 0 Å². The average Bonchev–Trinajstić information content (AvgIpc) is 2.70. The van der Waals surface area contributed by atoms with Gasteiger partial charge in [0.2, 0.25) is 5.91 Å². The maximum absolute atomic E-state index is 12.8. The highest BCUT2D eigenvalue weighted by Crippen LogP contribution is 2.31. The van der Waals surface area contributed by atoms with Gasteiger partial charge in [-0.15, -0.1) is 0 Å². The molecule has 0 saturated carbocycles. The van der Waals surface area contributed by atoms with E-state index in [9.17, 15) is 19.5 Å². The number of carbonyl (C=O) groups excluding carboxylic acids is 2. The van der Waals surface area contributed by atoms with E-state index in [0.29, 0.717) is 17.8 Å². The monoisotopic (exact) mass is 396 g/mol. The zero-order valence-electron chi connectivity index (χ0n) is 16.1. The summed E-state index contributed by atoms with van der Waals surface area (Å²) in [5, 5.41) is 12.4. The minimum Gasteiger partial charge on any atom is -0.480 e. The van der Waals surface area contributed by atoms with E-state index in [2.05, 4.69) is 10.3 Å². The third-order valence-electron chi connectivity index (χ3n) is 5.06. The van der Waals surface area contributed by atoms with E-state index < -0.39 is 29.9 Å². The third-order valence-corrected chi connectivity index (χ3v) is 5.06. The molecule has 3 amide bonds. The van der Waals surface area contributed by atoms with Crippen molar-refractivity contribution in [3.63, 3.8) is 0 Å². The van der Waals surface area contributed by atoms with Crippen LogP contribution in [0.25, 0.3) is 0 Å². The van der Waals surface area contributed by atoms with Crippen molar-refractivity contribution < 1.29 is 19.5 Å². The normalized spacial score (nSPS) is 19.3. The number of amides is 3. The van der Waals surface area contributed by atoms with Crippen molar-refractivity contribution in [1.82, 2.24) is 15.2 Å². The number of carboxylic acid groups (broad SMARTS) is 1. The van der Waals surface area contributed by atoms with E-state index in [0.717, 1.165) is 16.9 Å². The van der Waals surface area contributed by atoms with Crippen LogP contribution in [0.2, 0.25) is 0 Å². The van der Waals surface area contributed by atoms with Crippen LogP contribution >= 0.6 is 0 Å². The Morgan fingerprint density at radius 3 is 2.62 bits per heavy atom. The number of nitrogens with two attached hydrogens (primary N) is 1. The molecule has 1 aliphatic rings. The molecular weight excluding hydrogens is 372 g/mol. The highest BCUT2D eigenvalue weighted by molar-refractivity contribution is 6.07. The Hall–Kier alpha value is -3.42. The van der Waals surface area contributed by atoms with E-state index in [1.807, 2.05) is 37.3 Å². The molecule has 0 bridgehead atoms. The first-order valence-electron chi connectivity index (χ1n) is 9.54. The lowest BCUT2D eigenvalue weighted by atomic mass is 9.82. The summed E-state index contributed by atoms with van der Waals surface area (Å²) in [7, 11) is 0. The van der Waals surface area contributed by atoms with Gasteiger partial charge in [-0.25, -0.2) is 19.5 Å². The first-order chi connectivity index (χ1) is 13.9. The number of rotatable bonds is 7. The lowest BCUT2D eigenvalue weighted by Gasteiger charge is -2.43. The minimum atomic E-state index is -1.21. The van der Waals surface area contributed by atoms with Crippen LogP contribution in [0.3, 0.4) is 0 Å². The molecule has 3 rings (SSSR count). The maximum Gasteiger partial charge on any atom is 0.327 e. The van der Waals surface area contributed by atoms with Gasteiger partial charge < -0.3 is 16.2 Å². The number of imide groups is 1. The zero-order chi connectivity index (χ0) is 21.0. The van der Waals surface area contributed by atoms with Crippen LogP contribution < -0.4 is 11.1 Å². The van der Waals surface area contributed by atoms with Crippen LogP contribution in [0.15, 0.2) is 48.7 Å². The van der Waals surface area contributed by atoms with Gasteiger partial charge in [0.05, 0.1) is 12.0 Å². The van der Waals surface area contributed by atoms with E-state index in [-0.39, 0.29) is 12.5 Å². The van der Waals surface area contributed by atoms with Crippen LogP contribution in [0.5, 0.6) is 0 Å². The van der Waals surface area contributed by atoms with Gasteiger partial charge in [-0.3, -0.25) is 4.79 Å². The molecule has 3 atom stereocenters. The molecule has 0 aliphatic carbocycles. The Balaban J connectivity index is 1.74. The standard InChI is InChI=1S/C21H24N4O4/c1-2-6-16(14-7-4-3-5-8-14)24-21(29)25-18(20(27)28)15(19(25)26)11-13-9-10-23-17(22)12-13/h3-5,7-10,12,15-16,18H,2,6,11H2,1H3,(H2,22,23)(H,24,29)(H,27,28). The number of hydrogen-bond acceptors (Lipinski definition) is 5. The van der Waals surface area contributed by atoms with E-state index in [1.54, 1.807) is 12.1 Å². The molecule has 152 valence electrons. The SMILES string of the molecule is CCCC(NC(=O)N1C(=O)C(Cc2ccnc(N)c2)C1C(=O)O)c1ccccc1. The molecule has 0 radical (unpaired) electrons. The Kier molecular flexibility index (Phi) is 6.11. The van der Waals surface area contributed by atoms with Crippen LogP contribution in [0, 0.1) is 5.92 Å². The lowest BCUT2D eigenvalue weighted by Crippen LogP contribution is -2.68. The lowest BCUT2D eigenvalue weighted by molar-refractivity contribution is -0.165. The van der Waals surface area contributed by atoms with Crippen LogP contribution in [-0.2, 0) is 16.0 Å². The van der Waals surface area contributed by atoms with Crippen molar-refractivity contribution in [2.24, 2.45) is 5.92 Å². The summed E-state index contributed by atoms with van der Waals surface area (Å²) >= 11 is 0. The number of carboxylic acids is 1. The number of nitrogens with zero attached hydrogens (tertiary/aromatic N) is 2. The maximum atomic E-state index is 12.8. The quantitative estimate of drug-likeness (QED) is 0.617. The number of aliphatic carboxylic acids is 1. The highest BCUT2D eigenvalue weighted by atomic mass is 16.4. The third kappa shape index (κ3) is 4.37. The van der Waals surface area contributed by atoms with Crippen molar-refractivity contribution >= 4 is 23.7 Å². The van der Waals surface area contributed by atoms with Crippen molar-refractivity contribution in [2.45, 2.75) is 38.3 Å². The average molecular weight is 396 g/mol. The number of nitrogens with one attached hydrogen (secondary N) is 1. The van der Waals surface area contributed by atoms with Crippen LogP contribution in [-0.4, -0.2) is 38.9 Å². The fourth-order valence-electron chi connectivity index (χ4n) is 3.65. The molecule has 8 nitrogen and oxygen atoms in total. The number of urea groups is 1. The fourth-order valence-corrected chi connectivity index (χ4v) is 3.65. The van der Waals surface area contributed by atoms with Gasteiger partial charge >= 0.3 is 12.0 Å². The van der Waals surface area contributed by atoms with Crippen LogP contribution in [0.1, 0.15) is 36.9 Å². The molecule has 1 aromatic carbocycles. The molecule has 3 unspecified atom stereocenters. The number of nitrogen functional groups attached to an aromatic ring is 1. The Bertz CT molecular complexity index is 903. The summed E-state index contributed by atoms with van der Waals surface area (Å²) in [6.07, 6.45) is 3.18. The molecule has 0 spiro atoms. The summed E-state index contributed by atoms with van der Waals surface area (Å²) in [6, 6.07) is 10.5. The molecule has 1 saturated heterocycles. The van der Waals surface area contributed by atoms with Crippen molar-refractivity contribution in [3.05, 3.63) is 59.8 Å². The summed E-state index contributed by atoms with van der Waals surface area (Å²) in [6.45, 7) is 1.99. The second-order valence-corrected chi connectivity index (χ2v) is 7.09. The molecule has 8 heteroatoms. The largest absolute Gasteiger partial charge is 0.480 e. The van der Waals surface area contributed by atoms with Gasteiger partial charge in [0, 0.05) is 6.20 Å². The predicted octanol–water partition coefficient (Wildman–Crippen LogP) is 2.37. The minimum absolute atomic E-state index is 0.184. The molecule has 29 heavy (non-hydrogen) atoms. The summed E-state index contributed by atoms with van der Waals surface area (Å²) in [4.78, 5) is 41.9. The first-order valence-corrected chi connectivity index (χ1v) is 9.54. The number of hydrogen-bond donors (Lipinski definition) is 3. The van der Waals surface area contributed by atoms with Gasteiger partial charge in [-0.05, 0) is 36.1 Å². The van der Waals surface area contributed by atoms with E-state index in [4.69, 9.17) is 5.73 Å². The number of likely N-dealkylation sites (tertiary alicyclic amines) is 1. The van der Waals surface area contributed by atoms with E-state index >= 15 is 0 Å². The number of β-lactam (4-membered cyclic amide) rings is 1. The van der Waals surface area contributed by atoms with Crippen molar-refractivity contribution in [2.75, 3.05) is 5.73 Å². The topological polar surface area (TPSA) is 126 Å². The summed E-state index contributed by atoms with van der Waals surface area (Å²) in [5.74, 6) is -2.24. The number of anilines is 1. The molecule has 1 aliphatic heterocycles. The van der Waals surface area contributed by atoms with E-state index in [1.165, 1.54) is 6.20 Å². The van der Waals surface area contributed by atoms with Crippen molar-refractivity contribution in [3.8, 4) is 0 Å². The number of benzene rings is 1. The Morgan fingerprint density at radius 1 is 1.28 bits per heavy atom. The second-order valence-electron chi connectivity index (χ2n) is 7.09. The smallest absolute Gasteiger partial charge is 0.327 e. The van der Waals surface area contributed by atoms with Gasteiger partial charge in [0.1, 0.15) is 5.82 Å². The molecule has 4 N–H and O–H groups in total. The predicted molar refractivity (Wildman–Crippen MR) is 107 cm³/mol. The molecule has 1 aromatic heterocycles. The number of pyridine rings is 1. The molecule has 2 aromatic rings. The summed E-state index contributed by atoms with van der Waals surface area (Å²) in [5.41, 5.74) is 7.26. The second kappa shape index (κ2) is 8.72. The molecule has 1 fully saturated rings. The molecular formula is C21H24N4O4. The molecule has 2 heterocycles. The van der Waals surface area contributed by atoms with Crippen molar-refractivity contribution in [1.29, 1.82) is 0 Å². The van der Waals surface area contributed by atoms with Gasteiger partial charge in [-0.1, -0.05) is 43.7 Å². The fraction of sp³-hybridized carbons (Fsp3) is 0.333. The van der Waals surface area contributed by atoms with Gasteiger partial charge in [0.15, 0.2) is 6.04 Å². The highest BCUT2D eigenvalue weighted by Gasteiger charge is 2.54. The number of aromatic nitrogens is 1. The van der Waals surface area contributed by atoms with Gasteiger partial charge in [-0.2, -0.15) is 0 Å². The zero-order valence-corrected chi connectivity index (χ0v) is 16.1. The first kappa shape index (κ1) is 20.3. The Morgan fingerprint density at radius 2 is 2.00 bits per heavy atom.